The van der Waals surface area contributed by atoms with Gasteiger partial charge in [0.2, 0.25) is 21.8 Å². The molecule has 0 spiro atoms. The fourth-order valence-electron chi connectivity index (χ4n) is 4.61. The minimum Gasteiger partial charge on any atom is -0.486 e. The molecule has 0 aromatic heterocycles. The maximum atomic E-state index is 14.2. The van der Waals surface area contributed by atoms with Crippen molar-refractivity contribution in [2.45, 2.75) is 39.3 Å². The number of hydrogen-bond donors (Lipinski definition) is 1. The minimum atomic E-state index is -3.93. The highest BCUT2D eigenvalue weighted by molar-refractivity contribution is 7.92. The number of benzene rings is 3. The zero-order valence-corrected chi connectivity index (χ0v) is 24.6. The van der Waals surface area contributed by atoms with Gasteiger partial charge in [-0.1, -0.05) is 49.4 Å². The lowest BCUT2D eigenvalue weighted by Gasteiger charge is -2.34. The van der Waals surface area contributed by atoms with Gasteiger partial charge in [0, 0.05) is 25.6 Å². The number of nitrogens with one attached hydrogen (secondary N) is 1. The van der Waals surface area contributed by atoms with E-state index in [0.717, 1.165) is 9.87 Å². The first-order valence-corrected chi connectivity index (χ1v) is 15.6. The van der Waals surface area contributed by atoms with Gasteiger partial charge in [-0.15, -0.1) is 0 Å². The molecule has 0 saturated heterocycles. The van der Waals surface area contributed by atoms with Gasteiger partial charge < -0.3 is 19.7 Å². The number of fused-ring (bicyclic) bond motifs is 1. The third kappa shape index (κ3) is 7.79. The van der Waals surface area contributed by atoms with E-state index in [4.69, 9.17) is 9.47 Å². The largest absolute Gasteiger partial charge is 0.486 e. The number of rotatable bonds is 13. The van der Waals surface area contributed by atoms with Gasteiger partial charge in [-0.2, -0.15) is 0 Å². The monoisotopic (exact) mass is 597 g/mol. The van der Waals surface area contributed by atoms with Gasteiger partial charge in [0.05, 0.1) is 11.4 Å². The summed E-state index contributed by atoms with van der Waals surface area (Å²) in [6.45, 7) is 3.95. The summed E-state index contributed by atoms with van der Waals surface area (Å²) in [4.78, 5) is 29.1. The number of carbonyl (C=O) groups excluding carboxylic acids is 2. The number of halogens is 1. The Kier molecular flexibility index (Phi) is 10.4. The van der Waals surface area contributed by atoms with Crippen molar-refractivity contribution in [1.29, 1.82) is 0 Å². The topological polar surface area (TPSA) is 105 Å². The van der Waals surface area contributed by atoms with Gasteiger partial charge in [0.25, 0.3) is 0 Å². The minimum absolute atomic E-state index is 0.0304. The molecule has 1 atom stereocenters. The van der Waals surface area contributed by atoms with E-state index in [-0.39, 0.29) is 30.3 Å². The van der Waals surface area contributed by atoms with Crippen molar-refractivity contribution in [3.8, 4) is 11.5 Å². The van der Waals surface area contributed by atoms with Crippen LogP contribution in [-0.4, -0.2) is 63.2 Å². The number of sulfonamides is 1. The summed E-state index contributed by atoms with van der Waals surface area (Å²) >= 11 is 0. The molecule has 2 amide bonds. The summed E-state index contributed by atoms with van der Waals surface area (Å²) < 4.78 is 52.6. The quantitative estimate of drug-likeness (QED) is 0.320. The molecule has 42 heavy (non-hydrogen) atoms. The highest BCUT2D eigenvalue weighted by Crippen LogP contribution is 2.35. The number of ether oxygens (including phenoxy) is 2. The van der Waals surface area contributed by atoms with E-state index in [1.807, 2.05) is 37.3 Å². The van der Waals surface area contributed by atoms with Gasteiger partial charge >= 0.3 is 0 Å². The fourth-order valence-corrected chi connectivity index (χ4v) is 5.67. The molecular weight excluding hydrogens is 561 g/mol. The van der Waals surface area contributed by atoms with Crippen LogP contribution in [0.3, 0.4) is 0 Å². The van der Waals surface area contributed by atoms with Crippen molar-refractivity contribution in [3.05, 3.63) is 89.7 Å². The number of nitrogens with zero attached hydrogens (tertiary/aromatic N) is 2. The number of carbonyl (C=O) groups is 2. The van der Waals surface area contributed by atoms with E-state index >= 15 is 0 Å². The number of hydrogen-bond acceptors (Lipinski definition) is 6. The van der Waals surface area contributed by atoms with E-state index in [9.17, 15) is 22.4 Å². The second-order valence-electron chi connectivity index (χ2n) is 9.88. The van der Waals surface area contributed by atoms with Crippen molar-refractivity contribution in [2.24, 2.45) is 0 Å². The summed E-state index contributed by atoms with van der Waals surface area (Å²) in [5.41, 5.74) is 1.66. The lowest BCUT2D eigenvalue weighted by Crippen LogP contribution is -2.53. The molecule has 1 heterocycles. The van der Waals surface area contributed by atoms with E-state index in [0.29, 0.717) is 43.2 Å². The Balaban J connectivity index is 1.73. The Morgan fingerprint density at radius 3 is 2.29 bits per heavy atom. The summed E-state index contributed by atoms with van der Waals surface area (Å²) in [7, 11) is -3.93. The Bertz CT molecular complexity index is 1470. The molecule has 1 aliphatic rings. The van der Waals surface area contributed by atoms with Crippen LogP contribution in [0.15, 0.2) is 72.8 Å². The molecule has 9 nitrogen and oxygen atoms in total. The Hall–Kier alpha value is -4.12. The predicted octanol–water partition coefficient (Wildman–Crippen LogP) is 3.92. The van der Waals surface area contributed by atoms with Crippen LogP contribution in [0.1, 0.15) is 31.4 Å². The van der Waals surface area contributed by atoms with E-state index in [2.05, 4.69) is 5.32 Å². The van der Waals surface area contributed by atoms with E-state index in [1.54, 1.807) is 24.3 Å². The average molecular weight is 598 g/mol. The molecule has 0 aliphatic carbocycles. The number of anilines is 1. The Labute approximate surface area is 246 Å². The lowest BCUT2D eigenvalue weighted by atomic mass is 10.0. The van der Waals surface area contributed by atoms with Crippen LogP contribution in [0.25, 0.3) is 0 Å². The molecule has 1 aliphatic heterocycles. The zero-order chi connectivity index (χ0) is 30.1. The van der Waals surface area contributed by atoms with E-state index in [1.165, 1.54) is 30.0 Å². The normalized spacial score (nSPS) is 13.2. The Morgan fingerprint density at radius 2 is 1.62 bits per heavy atom. The fraction of sp³-hybridized carbons (Fsp3) is 0.355. The van der Waals surface area contributed by atoms with Gasteiger partial charge in [0.1, 0.15) is 31.6 Å². The van der Waals surface area contributed by atoms with Crippen LogP contribution in [0.4, 0.5) is 10.1 Å². The van der Waals surface area contributed by atoms with Crippen molar-refractivity contribution in [3.63, 3.8) is 0 Å². The maximum absolute atomic E-state index is 14.2. The highest BCUT2D eigenvalue weighted by atomic mass is 32.2. The Morgan fingerprint density at radius 1 is 0.929 bits per heavy atom. The molecule has 1 N–H and O–H groups in total. The van der Waals surface area contributed by atoms with Gasteiger partial charge in [-0.3, -0.25) is 13.9 Å². The number of amides is 2. The molecule has 0 bridgehead atoms. The third-order valence-corrected chi connectivity index (χ3v) is 8.62. The van der Waals surface area contributed by atoms with Crippen LogP contribution >= 0.6 is 0 Å². The molecule has 3 aromatic carbocycles. The maximum Gasteiger partial charge on any atom is 0.244 e. The van der Waals surface area contributed by atoms with Gasteiger partial charge in [-0.05, 0) is 48.7 Å². The van der Waals surface area contributed by atoms with Crippen molar-refractivity contribution in [1.82, 2.24) is 10.2 Å². The zero-order valence-electron chi connectivity index (χ0n) is 23.8. The first-order chi connectivity index (χ1) is 20.2. The summed E-state index contributed by atoms with van der Waals surface area (Å²) in [6.07, 6.45) is 0.899. The van der Waals surface area contributed by atoms with Crippen LogP contribution in [-0.2, 0) is 32.6 Å². The molecule has 0 unspecified atom stereocenters. The average Bonchev–Trinajstić information content (AvgIpc) is 3.01. The van der Waals surface area contributed by atoms with Gasteiger partial charge in [0.15, 0.2) is 11.5 Å². The van der Waals surface area contributed by atoms with Crippen LogP contribution < -0.4 is 19.1 Å². The van der Waals surface area contributed by atoms with Crippen LogP contribution in [0.2, 0.25) is 0 Å². The van der Waals surface area contributed by atoms with Gasteiger partial charge in [-0.25, -0.2) is 12.8 Å². The highest BCUT2D eigenvalue weighted by Gasteiger charge is 2.34. The first kappa shape index (κ1) is 30.8. The van der Waals surface area contributed by atoms with Crippen molar-refractivity contribution >= 4 is 27.5 Å². The molecule has 224 valence electrons. The molecule has 0 fully saturated rings. The molecule has 11 heteroatoms. The first-order valence-electron chi connectivity index (χ1n) is 14.0. The summed E-state index contributed by atoms with van der Waals surface area (Å²) in [5.74, 6) is -0.765. The van der Waals surface area contributed by atoms with Crippen LogP contribution in [0.5, 0.6) is 11.5 Å². The molecular formula is C31H36FN3O6S. The molecule has 0 radical (unpaired) electrons. The van der Waals surface area contributed by atoms with Crippen LogP contribution in [0, 0.1) is 5.82 Å². The van der Waals surface area contributed by atoms with Crippen molar-refractivity contribution < 1.29 is 31.9 Å². The predicted molar refractivity (Wildman–Crippen MR) is 158 cm³/mol. The van der Waals surface area contributed by atoms with Crippen molar-refractivity contribution in [2.75, 3.05) is 36.4 Å². The summed E-state index contributed by atoms with van der Waals surface area (Å²) in [6, 6.07) is 18.7. The third-order valence-electron chi connectivity index (χ3n) is 6.88. The molecule has 3 aromatic rings. The smallest absolute Gasteiger partial charge is 0.244 e. The standard InChI is InChI=1S/C31H36FN3O6S/c1-3-16-33-31(37)27(19-23-8-6-5-7-9-23)34(21-24-10-12-25(32)13-11-24)30(36)22-35(42(38,39)4-2)26-14-15-28-29(20-26)41-18-17-40-28/h5-15,20,27H,3-4,16-19,21-22H2,1-2H3,(H,33,37)/t27-/m0/s1. The second kappa shape index (κ2) is 14.2. The SMILES string of the molecule is CCCNC(=O)[C@H](Cc1ccccc1)N(Cc1ccc(F)cc1)C(=O)CN(c1ccc2c(c1)OCCO2)S(=O)(=O)CC. The second-order valence-corrected chi connectivity index (χ2v) is 12.1. The molecule has 0 saturated carbocycles. The lowest BCUT2D eigenvalue weighted by molar-refractivity contribution is -0.140. The van der Waals surface area contributed by atoms with E-state index < -0.39 is 34.3 Å². The summed E-state index contributed by atoms with van der Waals surface area (Å²) in [5, 5.41) is 2.89. The molecule has 4 rings (SSSR count).